The molecule has 6 heteroatoms. The Labute approximate surface area is 164 Å². The number of H-pyrrole nitrogens is 1. The molecule has 1 fully saturated rings. The van der Waals surface area contributed by atoms with Crippen LogP contribution in [0, 0.1) is 6.92 Å². The van der Waals surface area contributed by atoms with Gasteiger partial charge in [-0.15, -0.1) is 0 Å². The number of carbonyl (C=O) groups is 1. The third-order valence-electron chi connectivity index (χ3n) is 6.54. The molecule has 3 heterocycles. The quantitative estimate of drug-likeness (QED) is 0.725. The minimum atomic E-state index is -3.67. The van der Waals surface area contributed by atoms with Crippen LogP contribution in [0.15, 0.2) is 53.4 Å². The lowest BCUT2D eigenvalue weighted by Gasteiger charge is -2.42. The highest BCUT2D eigenvalue weighted by molar-refractivity contribution is 7.92. The third kappa shape index (κ3) is 2.12. The molecule has 0 radical (unpaired) electrons. The van der Waals surface area contributed by atoms with E-state index in [2.05, 4.69) is 11.1 Å². The first kappa shape index (κ1) is 17.5. The van der Waals surface area contributed by atoms with Crippen LogP contribution in [0.3, 0.4) is 0 Å². The summed E-state index contributed by atoms with van der Waals surface area (Å²) in [6.07, 6.45) is 0.750. The predicted octanol–water partition coefficient (Wildman–Crippen LogP) is 3.32. The third-order valence-corrected chi connectivity index (χ3v) is 8.84. The molecule has 2 aromatic carbocycles. The molecule has 5 nitrogen and oxygen atoms in total. The monoisotopic (exact) mass is 394 g/mol. The molecule has 3 aromatic rings. The van der Waals surface area contributed by atoms with Crippen LogP contribution in [0.4, 0.5) is 0 Å². The Morgan fingerprint density at radius 3 is 2.61 bits per heavy atom. The van der Waals surface area contributed by atoms with Gasteiger partial charge in [0.05, 0.1) is 10.4 Å². The molecule has 1 amide bonds. The van der Waals surface area contributed by atoms with Crippen LogP contribution < -0.4 is 0 Å². The molecule has 0 unspecified atom stereocenters. The van der Waals surface area contributed by atoms with E-state index < -0.39 is 20.6 Å². The second kappa shape index (κ2) is 5.70. The summed E-state index contributed by atoms with van der Waals surface area (Å²) in [7, 11) is -3.67. The zero-order chi connectivity index (χ0) is 19.7. The number of aryl methyl sites for hydroxylation is 1. The lowest BCUT2D eigenvalue weighted by Crippen LogP contribution is -2.52. The molecule has 1 N–H and O–H groups in total. The molecular formula is C22H22N2O3S. The van der Waals surface area contributed by atoms with Crippen LogP contribution in [-0.4, -0.2) is 36.0 Å². The van der Waals surface area contributed by atoms with Crippen molar-refractivity contribution in [3.8, 4) is 0 Å². The second-order valence-corrected chi connectivity index (χ2v) is 10.1. The average molecular weight is 394 g/mol. The Hall–Kier alpha value is -2.60. The lowest BCUT2D eigenvalue weighted by atomic mass is 9.86. The average Bonchev–Trinajstić information content (AvgIpc) is 3.20. The SMILES string of the molecule is Cc1cccc2c3c([nH]c12)[C@@]1(C)[C@H](S(=O)(=O)c2ccccc2)CC(=O)N1CC3. The Bertz CT molecular complexity index is 1210. The highest BCUT2D eigenvalue weighted by Crippen LogP contribution is 2.49. The van der Waals surface area contributed by atoms with Crippen LogP contribution in [0.25, 0.3) is 10.9 Å². The van der Waals surface area contributed by atoms with E-state index in [9.17, 15) is 13.2 Å². The Balaban J connectivity index is 1.76. The summed E-state index contributed by atoms with van der Waals surface area (Å²) in [5.74, 6) is -0.0898. The molecule has 0 aliphatic carbocycles. The number of nitrogens with zero attached hydrogens (tertiary/aromatic N) is 1. The normalized spacial score (nSPS) is 24.4. The molecule has 1 saturated heterocycles. The van der Waals surface area contributed by atoms with Gasteiger partial charge in [0.2, 0.25) is 5.91 Å². The van der Waals surface area contributed by atoms with Gasteiger partial charge in [0.15, 0.2) is 9.84 Å². The van der Waals surface area contributed by atoms with Crippen LogP contribution in [0.1, 0.15) is 30.2 Å². The zero-order valence-electron chi connectivity index (χ0n) is 15.9. The van der Waals surface area contributed by atoms with Gasteiger partial charge in [-0.2, -0.15) is 0 Å². The smallest absolute Gasteiger partial charge is 0.224 e. The second-order valence-electron chi connectivity index (χ2n) is 7.97. The Morgan fingerprint density at radius 1 is 1.11 bits per heavy atom. The fraction of sp³-hybridized carbons (Fsp3) is 0.318. The minimum absolute atomic E-state index is 0.0154. The highest BCUT2D eigenvalue weighted by atomic mass is 32.2. The molecule has 2 aliphatic heterocycles. The van der Waals surface area contributed by atoms with E-state index in [0.717, 1.165) is 34.1 Å². The van der Waals surface area contributed by atoms with E-state index in [0.29, 0.717) is 6.54 Å². The van der Waals surface area contributed by atoms with Gasteiger partial charge in [-0.25, -0.2) is 8.42 Å². The molecule has 5 rings (SSSR count). The van der Waals surface area contributed by atoms with E-state index in [1.165, 1.54) is 0 Å². The summed E-state index contributed by atoms with van der Waals surface area (Å²) in [5, 5.41) is 0.313. The molecule has 2 aliphatic rings. The van der Waals surface area contributed by atoms with Gasteiger partial charge in [0.25, 0.3) is 0 Å². The van der Waals surface area contributed by atoms with Gasteiger partial charge in [-0.05, 0) is 43.5 Å². The van der Waals surface area contributed by atoms with E-state index in [1.54, 1.807) is 35.2 Å². The standard InChI is InChI=1S/C22H22N2O3S/c1-14-7-6-10-16-17-11-12-24-19(25)13-18(22(24,2)21(17)23-20(14)16)28(26,27)15-8-4-3-5-9-15/h3-10,18,23H,11-13H2,1-2H3/t18-,22-/m1/s1. The summed E-state index contributed by atoms with van der Waals surface area (Å²) in [5.41, 5.74) is 3.27. The highest BCUT2D eigenvalue weighted by Gasteiger charge is 2.59. The number of rotatable bonds is 2. The summed E-state index contributed by atoms with van der Waals surface area (Å²) < 4.78 is 27.1. The van der Waals surface area contributed by atoms with Crippen molar-refractivity contribution in [3.05, 3.63) is 65.4 Å². The lowest BCUT2D eigenvalue weighted by molar-refractivity contribution is -0.131. The van der Waals surface area contributed by atoms with Crippen LogP contribution in [-0.2, 0) is 26.6 Å². The summed E-state index contributed by atoms with van der Waals surface area (Å²) >= 11 is 0. The molecule has 0 saturated carbocycles. The maximum atomic E-state index is 13.5. The number of carbonyl (C=O) groups excluding carboxylic acids is 1. The van der Waals surface area contributed by atoms with E-state index >= 15 is 0 Å². The summed E-state index contributed by atoms with van der Waals surface area (Å²) in [4.78, 5) is 18.4. The van der Waals surface area contributed by atoms with Gasteiger partial charge >= 0.3 is 0 Å². The van der Waals surface area contributed by atoms with Gasteiger partial charge < -0.3 is 9.88 Å². The number of amides is 1. The van der Waals surface area contributed by atoms with Crippen molar-refractivity contribution in [2.24, 2.45) is 0 Å². The minimum Gasteiger partial charge on any atom is -0.356 e. The van der Waals surface area contributed by atoms with Crippen molar-refractivity contribution in [1.29, 1.82) is 0 Å². The van der Waals surface area contributed by atoms with Gasteiger partial charge in [-0.3, -0.25) is 4.79 Å². The molecule has 28 heavy (non-hydrogen) atoms. The van der Waals surface area contributed by atoms with Crippen molar-refractivity contribution in [2.45, 2.75) is 42.4 Å². The number of benzene rings is 2. The Morgan fingerprint density at radius 2 is 1.86 bits per heavy atom. The summed E-state index contributed by atoms with van der Waals surface area (Å²) in [6, 6.07) is 14.6. The first-order chi connectivity index (χ1) is 13.3. The first-order valence-corrected chi connectivity index (χ1v) is 11.1. The molecule has 0 spiro atoms. The number of sulfone groups is 1. The van der Waals surface area contributed by atoms with E-state index in [-0.39, 0.29) is 17.2 Å². The maximum Gasteiger partial charge on any atom is 0.224 e. The van der Waals surface area contributed by atoms with Crippen LogP contribution in [0.5, 0.6) is 0 Å². The topological polar surface area (TPSA) is 70.2 Å². The van der Waals surface area contributed by atoms with Crippen LogP contribution in [0.2, 0.25) is 0 Å². The zero-order valence-corrected chi connectivity index (χ0v) is 16.7. The number of hydrogen-bond donors (Lipinski definition) is 1. The summed E-state index contributed by atoms with van der Waals surface area (Å²) in [6.45, 7) is 4.50. The van der Waals surface area contributed by atoms with E-state index in [1.807, 2.05) is 26.0 Å². The number of aromatic amines is 1. The largest absolute Gasteiger partial charge is 0.356 e. The van der Waals surface area contributed by atoms with Crippen molar-refractivity contribution >= 4 is 26.6 Å². The molecule has 2 atom stereocenters. The van der Waals surface area contributed by atoms with E-state index in [4.69, 9.17) is 0 Å². The fourth-order valence-electron chi connectivity index (χ4n) is 5.08. The number of para-hydroxylation sites is 1. The van der Waals surface area contributed by atoms with Crippen LogP contribution >= 0.6 is 0 Å². The fourth-order valence-corrected chi connectivity index (χ4v) is 7.15. The van der Waals surface area contributed by atoms with Gasteiger partial charge in [0, 0.05) is 29.6 Å². The molecule has 1 aromatic heterocycles. The van der Waals surface area contributed by atoms with Crippen molar-refractivity contribution in [3.63, 3.8) is 0 Å². The van der Waals surface area contributed by atoms with Crippen molar-refractivity contribution in [1.82, 2.24) is 9.88 Å². The number of nitrogens with one attached hydrogen (secondary N) is 1. The maximum absolute atomic E-state index is 13.5. The predicted molar refractivity (Wildman–Crippen MR) is 108 cm³/mol. The van der Waals surface area contributed by atoms with Crippen molar-refractivity contribution in [2.75, 3.05) is 6.54 Å². The molecular weight excluding hydrogens is 372 g/mol. The molecule has 0 bridgehead atoms. The molecule has 144 valence electrons. The number of aromatic nitrogens is 1. The Kier molecular flexibility index (Phi) is 3.56. The first-order valence-electron chi connectivity index (χ1n) is 9.55. The number of hydrogen-bond acceptors (Lipinski definition) is 3. The van der Waals surface area contributed by atoms with Gasteiger partial charge in [-0.1, -0.05) is 36.4 Å². The van der Waals surface area contributed by atoms with Gasteiger partial charge in [0.1, 0.15) is 5.25 Å². The number of fused-ring (bicyclic) bond motifs is 5. The van der Waals surface area contributed by atoms with Crippen molar-refractivity contribution < 1.29 is 13.2 Å².